The third-order valence-corrected chi connectivity index (χ3v) is 2.11. The van der Waals surface area contributed by atoms with Crippen molar-refractivity contribution in [1.29, 1.82) is 0 Å². The summed E-state index contributed by atoms with van der Waals surface area (Å²) >= 11 is 0. The molecule has 3 heteroatoms. The molecule has 0 atom stereocenters. The van der Waals surface area contributed by atoms with Gasteiger partial charge in [0.05, 0.1) is 0 Å². The number of hydrogen-bond donors (Lipinski definition) is 1. The van der Waals surface area contributed by atoms with Gasteiger partial charge in [-0.3, -0.25) is 4.79 Å². The Kier molecular flexibility index (Phi) is 7.11. The summed E-state index contributed by atoms with van der Waals surface area (Å²) in [6.07, 6.45) is 3.95. The number of carbonyl (C=O) groups is 1. The molecule has 82 valence electrons. The molecule has 14 heavy (non-hydrogen) atoms. The molecule has 1 N–H and O–H groups in total. The van der Waals surface area contributed by atoms with Crippen LogP contribution in [-0.4, -0.2) is 36.1 Å². The van der Waals surface area contributed by atoms with Crippen molar-refractivity contribution in [2.24, 2.45) is 0 Å². The zero-order valence-corrected chi connectivity index (χ0v) is 9.25. The lowest BCUT2D eigenvalue weighted by molar-refractivity contribution is -0.125. The molecule has 0 aromatic carbocycles. The number of likely N-dealkylation sites (N-methyl/N-ethyl adjacent to an activating group) is 1. The summed E-state index contributed by atoms with van der Waals surface area (Å²) in [5.74, 6) is 0.0205. The van der Waals surface area contributed by atoms with E-state index in [2.05, 4.69) is 6.58 Å². The van der Waals surface area contributed by atoms with Gasteiger partial charge in [0.2, 0.25) is 5.91 Å². The number of rotatable bonds is 7. The van der Waals surface area contributed by atoms with Crippen molar-refractivity contribution < 1.29 is 9.90 Å². The highest BCUT2D eigenvalue weighted by Gasteiger charge is 2.07. The van der Waals surface area contributed by atoms with Crippen molar-refractivity contribution in [2.75, 3.05) is 20.2 Å². The van der Waals surface area contributed by atoms with Crippen LogP contribution in [0.15, 0.2) is 12.2 Å². The van der Waals surface area contributed by atoms with E-state index < -0.39 is 0 Å². The Labute approximate surface area is 86.4 Å². The minimum Gasteiger partial charge on any atom is -0.396 e. The molecule has 0 aliphatic rings. The Morgan fingerprint density at radius 3 is 2.36 bits per heavy atom. The van der Waals surface area contributed by atoms with Crippen LogP contribution in [0.4, 0.5) is 0 Å². The number of unbranched alkanes of at least 4 members (excludes halogenated alkanes) is 3. The van der Waals surface area contributed by atoms with E-state index in [1.165, 1.54) is 0 Å². The van der Waals surface area contributed by atoms with Crippen LogP contribution in [0.1, 0.15) is 32.6 Å². The van der Waals surface area contributed by atoms with Gasteiger partial charge in [-0.05, 0) is 19.8 Å². The molecule has 1 amide bonds. The highest BCUT2D eigenvalue weighted by atomic mass is 16.2. The Bertz CT molecular complexity index is 190. The van der Waals surface area contributed by atoms with Crippen molar-refractivity contribution in [2.45, 2.75) is 32.6 Å². The van der Waals surface area contributed by atoms with Gasteiger partial charge in [0.15, 0.2) is 0 Å². The molecule has 0 rings (SSSR count). The number of amides is 1. The van der Waals surface area contributed by atoms with Gasteiger partial charge in [0.1, 0.15) is 0 Å². The summed E-state index contributed by atoms with van der Waals surface area (Å²) in [6.45, 7) is 6.38. The van der Waals surface area contributed by atoms with Crippen LogP contribution in [0.25, 0.3) is 0 Å². The second-order valence-electron chi connectivity index (χ2n) is 3.64. The van der Waals surface area contributed by atoms with Crippen molar-refractivity contribution in [3.63, 3.8) is 0 Å². The monoisotopic (exact) mass is 199 g/mol. The Balaban J connectivity index is 3.49. The van der Waals surface area contributed by atoms with E-state index in [-0.39, 0.29) is 12.5 Å². The molecule has 0 saturated heterocycles. The van der Waals surface area contributed by atoms with E-state index in [1.54, 1.807) is 18.9 Å². The molecular formula is C11H21NO2. The maximum Gasteiger partial charge on any atom is 0.248 e. The molecule has 0 aliphatic carbocycles. The lowest BCUT2D eigenvalue weighted by atomic mass is 10.2. The molecule has 0 aromatic rings. The lowest BCUT2D eigenvalue weighted by Crippen LogP contribution is -2.27. The van der Waals surface area contributed by atoms with E-state index in [0.29, 0.717) is 5.57 Å². The Morgan fingerprint density at radius 2 is 1.86 bits per heavy atom. The van der Waals surface area contributed by atoms with Crippen LogP contribution in [-0.2, 0) is 4.79 Å². The maximum atomic E-state index is 11.3. The average molecular weight is 199 g/mol. The average Bonchev–Trinajstić information content (AvgIpc) is 2.16. The zero-order valence-electron chi connectivity index (χ0n) is 9.25. The largest absolute Gasteiger partial charge is 0.396 e. The fourth-order valence-corrected chi connectivity index (χ4v) is 1.24. The Morgan fingerprint density at radius 1 is 1.29 bits per heavy atom. The Hall–Kier alpha value is -0.830. The van der Waals surface area contributed by atoms with Crippen LogP contribution < -0.4 is 0 Å². The van der Waals surface area contributed by atoms with E-state index in [1.807, 2.05) is 0 Å². The van der Waals surface area contributed by atoms with Gasteiger partial charge in [0, 0.05) is 25.8 Å². The topological polar surface area (TPSA) is 40.5 Å². The predicted molar refractivity (Wildman–Crippen MR) is 58.0 cm³/mol. The first kappa shape index (κ1) is 13.2. The minimum atomic E-state index is 0.0205. The molecule has 0 aromatic heterocycles. The molecule has 3 nitrogen and oxygen atoms in total. The van der Waals surface area contributed by atoms with E-state index in [0.717, 1.165) is 32.2 Å². The minimum absolute atomic E-state index is 0.0205. The van der Waals surface area contributed by atoms with Crippen molar-refractivity contribution >= 4 is 5.91 Å². The van der Waals surface area contributed by atoms with E-state index >= 15 is 0 Å². The van der Waals surface area contributed by atoms with Gasteiger partial charge in [-0.15, -0.1) is 0 Å². The summed E-state index contributed by atoms with van der Waals surface area (Å²) in [5.41, 5.74) is 0.586. The van der Waals surface area contributed by atoms with E-state index in [9.17, 15) is 4.79 Å². The summed E-state index contributed by atoms with van der Waals surface area (Å²) in [6, 6.07) is 0. The lowest BCUT2D eigenvalue weighted by Gasteiger charge is -2.16. The number of aliphatic hydroxyl groups is 1. The van der Waals surface area contributed by atoms with Gasteiger partial charge in [-0.1, -0.05) is 19.4 Å². The van der Waals surface area contributed by atoms with Crippen LogP contribution in [0.3, 0.4) is 0 Å². The second kappa shape index (κ2) is 7.56. The summed E-state index contributed by atoms with van der Waals surface area (Å²) < 4.78 is 0. The zero-order chi connectivity index (χ0) is 11.0. The standard InChI is InChI=1S/C11H21NO2/c1-10(2)11(14)12(3)8-6-4-5-7-9-13/h13H,1,4-9H2,2-3H3. The van der Waals surface area contributed by atoms with Crippen LogP contribution in [0.5, 0.6) is 0 Å². The first-order valence-corrected chi connectivity index (χ1v) is 5.11. The smallest absolute Gasteiger partial charge is 0.248 e. The quantitative estimate of drug-likeness (QED) is 0.499. The van der Waals surface area contributed by atoms with Crippen LogP contribution >= 0.6 is 0 Å². The third-order valence-electron chi connectivity index (χ3n) is 2.11. The molecule has 0 heterocycles. The first-order chi connectivity index (χ1) is 6.59. The molecule has 0 radical (unpaired) electrons. The van der Waals surface area contributed by atoms with Crippen LogP contribution in [0, 0.1) is 0 Å². The number of carbonyl (C=O) groups excluding carboxylic acids is 1. The van der Waals surface area contributed by atoms with Crippen molar-refractivity contribution in [3.05, 3.63) is 12.2 Å². The fourth-order valence-electron chi connectivity index (χ4n) is 1.24. The highest BCUT2D eigenvalue weighted by Crippen LogP contribution is 2.02. The first-order valence-electron chi connectivity index (χ1n) is 5.11. The van der Waals surface area contributed by atoms with Gasteiger partial charge in [0.25, 0.3) is 0 Å². The molecule has 0 saturated carbocycles. The number of hydrogen-bond acceptors (Lipinski definition) is 2. The third kappa shape index (κ3) is 5.75. The van der Waals surface area contributed by atoms with E-state index in [4.69, 9.17) is 5.11 Å². The van der Waals surface area contributed by atoms with Gasteiger partial charge < -0.3 is 10.0 Å². The number of nitrogens with zero attached hydrogens (tertiary/aromatic N) is 1. The van der Waals surface area contributed by atoms with Gasteiger partial charge >= 0.3 is 0 Å². The SMILES string of the molecule is C=C(C)C(=O)N(C)CCCCCCO. The van der Waals surface area contributed by atoms with Gasteiger partial charge in [-0.2, -0.15) is 0 Å². The second-order valence-corrected chi connectivity index (χ2v) is 3.64. The molecule has 0 spiro atoms. The molecule has 0 fully saturated rings. The normalized spacial score (nSPS) is 9.93. The fraction of sp³-hybridized carbons (Fsp3) is 0.727. The summed E-state index contributed by atoms with van der Waals surface area (Å²) in [4.78, 5) is 13.0. The molecule has 0 bridgehead atoms. The summed E-state index contributed by atoms with van der Waals surface area (Å²) in [5, 5.41) is 8.56. The van der Waals surface area contributed by atoms with Crippen molar-refractivity contribution in [3.8, 4) is 0 Å². The van der Waals surface area contributed by atoms with Crippen LogP contribution in [0.2, 0.25) is 0 Å². The summed E-state index contributed by atoms with van der Waals surface area (Å²) in [7, 11) is 1.79. The highest BCUT2D eigenvalue weighted by molar-refractivity contribution is 5.91. The molecular weight excluding hydrogens is 178 g/mol. The maximum absolute atomic E-state index is 11.3. The number of aliphatic hydroxyl groups excluding tert-OH is 1. The van der Waals surface area contributed by atoms with Crippen molar-refractivity contribution in [1.82, 2.24) is 4.90 Å². The molecule has 0 unspecified atom stereocenters. The molecule has 0 aliphatic heterocycles. The van der Waals surface area contributed by atoms with Gasteiger partial charge in [-0.25, -0.2) is 0 Å². The predicted octanol–water partition coefficient (Wildman–Crippen LogP) is 1.57.